The molecule has 34 heavy (non-hydrogen) atoms. The Hall–Kier alpha value is -3.21. The summed E-state index contributed by atoms with van der Waals surface area (Å²) in [7, 11) is -2.13. The number of hydrogen-bond acceptors (Lipinski definition) is 8. The van der Waals surface area contributed by atoms with Crippen molar-refractivity contribution in [3.05, 3.63) is 41.7 Å². The summed E-state index contributed by atoms with van der Waals surface area (Å²) in [5.41, 5.74) is -0.272. The molecule has 1 aromatic heterocycles. The molecule has 0 N–H and O–H groups in total. The smallest absolute Gasteiger partial charge is 0.410 e. The lowest BCUT2D eigenvalue weighted by Crippen LogP contribution is -2.54. The maximum atomic E-state index is 14.0. The number of nitrogens with zero attached hydrogens (tertiary/aromatic N) is 4. The van der Waals surface area contributed by atoms with E-state index in [-0.39, 0.29) is 37.1 Å². The second kappa shape index (κ2) is 8.23. The van der Waals surface area contributed by atoms with Crippen molar-refractivity contribution < 1.29 is 27.5 Å². The second-order valence-electron chi connectivity index (χ2n) is 9.62. The van der Waals surface area contributed by atoms with Crippen LogP contribution in [0.4, 0.5) is 10.5 Å². The van der Waals surface area contributed by atoms with Crippen molar-refractivity contribution in [1.82, 2.24) is 14.9 Å². The number of likely N-dealkylation sites (tertiary alicyclic amines) is 1. The first-order chi connectivity index (χ1) is 15.8. The van der Waals surface area contributed by atoms with Crippen LogP contribution in [0.1, 0.15) is 38.4 Å². The Morgan fingerprint density at radius 3 is 2.44 bits per heavy atom. The summed E-state index contributed by atoms with van der Waals surface area (Å²) in [5.74, 6) is 0.399. The van der Waals surface area contributed by atoms with Gasteiger partial charge in [0, 0.05) is 36.8 Å². The lowest BCUT2D eigenvalue weighted by atomic mass is 9.77. The van der Waals surface area contributed by atoms with Crippen molar-refractivity contribution in [2.75, 3.05) is 31.4 Å². The topological polar surface area (TPSA) is 119 Å². The Kier molecular flexibility index (Phi) is 5.79. The fourth-order valence-electron chi connectivity index (χ4n) is 4.33. The van der Waals surface area contributed by atoms with Gasteiger partial charge in [0.05, 0.1) is 19.3 Å². The molecule has 1 fully saturated rings. The summed E-state index contributed by atoms with van der Waals surface area (Å²) in [6.45, 7) is 5.80. The maximum absolute atomic E-state index is 14.0. The van der Waals surface area contributed by atoms with Crippen LogP contribution in [0.3, 0.4) is 0 Å². The van der Waals surface area contributed by atoms with Crippen LogP contribution in [-0.2, 0) is 31.3 Å². The highest BCUT2D eigenvalue weighted by Gasteiger charge is 2.55. The molecule has 0 saturated carbocycles. The largest absolute Gasteiger partial charge is 0.497 e. The average molecular weight is 489 g/mol. The number of benzene rings is 1. The molecule has 182 valence electrons. The third kappa shape index (κ3) is 4.31. The molecular weight excluding hydrogens is 460 g/mol. The van der Waals surface area contributed by atoms with Gasteiger partial charge in [0.25, 0.3) is 0 Å². The molecule has 2 aliphatic rings. The molecule has 0 radical (unpaired) electrons. The van der Waals surface area contributed by atoms with Crippen molar-refractivity contribution >= 4 is 27.5 Å². The minimum Gasteiger partial charge on any atom is -0.497 e. The molecule has 1 atom stereocenters. The van der Waals surface area contributed by atoms with Crippen LogP contribution in [-0.4, -0.2) is 67.3 Å². The van der Waals surface area contributed by atoms with Crippen LogP contribution in [0.2, 0.25) is 0 Å². The monoisotopic (exact) mass is 488 g/mol. The van der Waals surface area contributed by atoms with E-state index in [9.17, 15) is 18.0 Å². The molecule has 0 aliphatic carbocycles. The zero-order chi connectivity index (χ0) is 24.9. The first-order valence-corrected chi connectivity index (χ1v) is 12.7. The van der Waals surface area contributed by atoms with Gasteiger partial charge in [-0.05, 0) is 51.5 Å². The Bertz CT molecular complexity index is 1240. The lowest BCUT2D eigenvalue weighted by Gasteiger charge is -2.39. The van der Waals surface area contributed by atoms with Gasteiger partial charge in [0.2, 0.25) is 20.9 Å². The quantitative estimate of drug-likeness (QED) is 0.604. The number of aromatic nitrogens is 2. The summed E-state index contributed by atoms with van der Waals surface area (Å²) in [6.07, 6.45) is 2.24. The van der Waals surface area contributed by atoms with Crippen LogP contribution >= 0.6 is 0 Å². The molecule has 1 aromatic carbocycles. The van der Waals surface area contributed by atoms with Crippen LogP contribution < -0.4 is 9.64 Å². The fraction of sp³-hybridized carbons (Fsp3) is 0.478. The number of carbonyl (C=O) groups excluding carboxylic acids is 2. The van der Waals surface area contributed by atoms with Gasteiger partial charge in [-0.1, -0.05) is 0 Å². The van der Waals surface area contributed by atoms with Gasteiger partial charge in [0.15, 0.2) is 0 Å². The van der Waals surface area contributed by atoms with Crippen LogP contribution in [0.15, 0.2) is 35.6 Å². The Labute approximate surface area is 198 Å². The summed E-state index contributed by atoms with van der Waals surface area (Å²) >= 11 is 0. The number of rotatable bonds is 3. The van der Waals surface area contributed by atoms with Crippen molar-refractivity contribution in [1.29, 1.82) is 0 Å². The fourth-order valence-corrected chi connectivity index (χ4v) is 4.83. The number of fused-ring (bicyclic) bond motifs is 2. The highest BCUT2D eigenvalue weighted by molar-refractivity contribution is 7.90. The van der Waals surface area contributed by atoms with Gasteiger partial charge in [-0.25, -0.2) is 23.2 Å². The summed E-state index contributed by atoms with van der Waals surface area (Å²) < 4.78 is 35.1. The summed E-state index contributed by atoms with van der Waals surface area (Å²) in [6, 6.07) is 7.08. The van der Waals surface area contributed by atoms with Crippen molar-refractivity contribution in [2.45, 2.75) is 49.9 Å². The van der Waals surface area contributed by atoms with E-state index in [2.05, 4.69) is 9.97 Å². The average Bonchev–Trinajstić information content (AvgIpc) is 3.21. The normalized spacial score (nSPS) is 20.4. The lowest BCUT2D eigenvalue weighted by molar-refractivity contribution is -0.124. The van der Waals surface area contributed by atoms with E-state index < -0.39 is 26.9 Å². The first-order valence-electron chi connectivity index (χ1n) is 10.8. The number of sulfone groups is 1. The number of hydrogen-bond donors (Lipinski definition) is 0. The van der Waals surface area contributed by atoms with Gasteiger partial charge in [-0.2, -0.15) is 0 Å². The molecule has 2 aliphatic heterocycles. The SMILES string of the molecule is COc1ccc(N2Cc3cnc(S(C)(=O)=O)nc3C3(CCN(C(=O)OC(C)(C)C)C3)C2=O)cc1. The Balaban J connectivity index is 1.79. The highest BCUT2D eigenvalue weighted by atomic mass is 32.2. The number of methoxy groups -OCH3 is 1. The molecule has 2 aromatic rings. The van der Waals surface area contributed by atoms with Crippen LogP contribution in [0.5, 0.6) is 5.75 Å². The van der Waals surface area contributed by atoms with E-state index in [1.807, 2.05) is 0 Å². The van der Waals surface area contributed by atoms with Crippen molar-refractivity contribution in [3.63, 3.8) is 0 Å². The van der Waals surface area contributed by atoms with Gasteiger partial charge in [-0.3, -0.25) is 4.79 Å². The predicted octanol–water partition coefficient (Wildman–Crippen LogP) is 2.31. The third-order valence-electron chi connectivity index (χ3n) is 5.92. The molecule has 4 rings (SSSR count). The molecule has 10 nitrogen and oxygen atoms in total. The van der Waals surface area contributed by atoms with E-state index in [0.29, 0.717) is 22.7 Å². The second-order valence-corrected chi connectivity index (χ2v) is 11.5. The van der Waals surface area contributed by atoms with Crippen LogP contribution in [0, 0.1) is 0 Å². The van der Waals surface area contributed by atoms with E-state index >= 15 is 0 Å². The Morgan fingerprint density at radius 1 is 1.18 bits per heavy atom. The standard InChI is InChI=1S/C23H28N4O6S/c1-22(2,3)33-21(29)26-11-10-23(14-26)18-15(12-24-20(25-18)34(5,30)31)13-27(19(23)28)16-6-8-17(32-4)9-7-16/h6-9,12H,10-11,13-14H2,1-5H3. The molecule has 3 heterocycles. The maximum Gasteiger partial charge on any atom is 0.410 e. The molecular formula is C23H28N4O6S. The van der Waals surface area contributed by atoms with Gasteiger partial charge in [0.1, 0.15) is 16.8 Å². The Morgan fingerprint density at radius 2 is 1.85 bits per heavy atom. The van der Waals surface area contributed by atoms with Gasteiger partial charge >= 0.3 is 6.09 Å². The van der Waals surface area contributed by atoms with Crippen molar-refractivity contribution in [3.8, 4) is 5.75 Å². The summed E-state index contributed by atoms with van der Waals surface area (Å²) in [5, 5.41) is -0.341. The zero-order valence-electron chi connectivity index (χ0n) is 19.9. The minimum absolute atomic E-state index is 0.0284. The summed E-state index contributed by atoms with van der Waals surface area (Å²) in [4.78, 5) is 38.3. The van der Waals surface area contributed by atoms with E-state index in [1.54, 1.807) is 57.0 Å². The predicted molar refractivity (Wildman–Crippen MR) is 123 cm³/mol. The van der Waals surface area contributed by atoms with E-state index in [0.717, 1.165) is 6.26 Å². The first kappa shape index (κ1) is 23.9. The molecule has 1 spiro atoms. The molecule has 11 heteroatoms. The minimum atomic E-state index is -3.69. The highest BCUT2D eigenvalue weighted by Crippen LogP contribution is 2.43. The molecule has 1 saturated heterocycles. The number of carbonyl (C=O) groups is 2. The van der Waals surface area contributed by atoms with E-state index in [4.69, 9.17) is 9.47 Å². The molecule has 0 bridgehead atoms. The third-order valence-corrected chi connectivity index (χ3v) is 6.78. The zero-order valence-corrected chi connectivity index (χ0v) is 20.7. The number of amides is 2. The van der Waals surface area contributed by atoms with Crippen molar-refractivity contribution in [2.24, 2.45) is 0 Å². The number of ether oxygens (including phenoxy) is 2. The van der Waals surface area contributed by atoms with E-state index in [1.165, 1.54) is 11.1 Å². The van der Waals surface area contributed by atoms with Gasteiger partial charge < -0.3 is 19.3 Å². The van der Waals surface area contributed by atoms with Crippen LogP contribution in [0.25, 0.3) is 0 Å². The molecule has 2 amide bonds. The molecule has 1 unspecified atom stereocenters. The number of anilines is 1. The van der Waals surface area contributed by atoms with Gasteiger partial charge in [-0.15, -0.1) is 0 Å².